The number of hydrogen-bond donors (Lipinski definition) is 0. The third-order valence-corrected chi connectivity index (χ3v) is 5.61. The van der Waals surface area contributed by atoms with Gasteiger partial charge in [-0.05, 0) is 75.4 Å². The molecule has 0 amide bonds. The Hall–Kier alpha value is -2.74. The second-order valence-electron chi connectivity index (χ2n) is 9.51. The van der Waals surface area contributed by atoms with Crippen LogP contribution in [0, 0.1) is 0 Å². The number of carbonyl (C=O) groups is 1. The van der Waals surface area contributed by atoms with Crippen molar-refractivity contribution in [3.8, 4) is 22.6 Å². The van der Waals surface area contributed by atoms with E-state index < -0.39 is 29.4 Å². The molecular formula is C27H33F3O5. The SMILES string of the molecule is CCCCOc1ccc(C(F)(F)F)c(C(OC(C)(C)C)C(=O)OC)c1-c1ccc2c(c1)CCCO2. The molecule has 3 rings (SSSR count). The van der Waals surface area contributed by atoms with Crippen molar-refractivity contribution in [2.45, 2.75) is 71.3 Å². The first-order valence-electron chi connectivity index (χ1n) is 11.8. The first kappa shape index (κ1) is 26.9. The van der Waals surface area contributed by atoms with Gasteiger partial charge in [0.05, 0.1) is 31.5 Å². The first-order chi connectivity index (χ1) is 16.5. The van der Waals surface area contributed by atoms with Crippen LogP contribution in [0.15, 0.2) is 30.3 Å². The van der Waals surface area contributed by atoms with Crippen LogP contribution in [0.25, 0.3) is 11.1 Å². The number of hydrogen-bond acceptors (Lipinski definition) is 5. The van der Waals surface area contributed by atoms with Gasteiger partial charge in [0.2, 0.25) is 0 Å². The quantitative estimate of drug-likeness (QED) is 0.295. The van der Waals surface area contributed by atoms with Crippen LogP contribution in [0.1, 0.15) is 69.8 Å². The van der Waals surface area contributed by atoms with Crippen LogP contribution in [-0.4, -0.2) is 31.9 Å². The molecule has 0 saturated heterocycles. The maximum atomic E-state index is 14.3. The highest BCUT2D eigenvalue weighted by atomic mass is 19.4. The number of unbranched alkanes of at least 4 members (excludes halogenated alkanes) is 1. The zero-order valence-electron chi connectivity index (χ0n) is 20.9. The van der Waals surface area contributed by atoms with Gasteiger partial charge in [0.25, 0.3) is 0 Å². The average Bonchev–Trinajstić information content (AvgIpc) is 2.80. The molecule has 2 aromatic carbocycles. The summed E-state index contributed by atoms with van der Waals surface area (Å²) >= 11 is 0. The van der Waals surface area contributed by atoms with Crippen LogP contribution in [0.5, 0.6) is 11.5 Å². The van der Waals surface area contributed by atoms with Crippen molar-refractivity contribution in [1.82, 2.24) is 0 Å². The highest BCUT2D eigenvalue weighted by Gasteiger charge is 2.42. The number of rotatable bonds is 8. The van der Waals surface area contributed by atoms with E-state index in [1.807, 2.05) is 13.0 Å². The Morgan fingerprint density at radius 3 is 2.51 bits per heavy atom. The van der Waals surface area contributed by atoms with E-state index in [2.05, 4.69) is 0 Å². The van der Waals surface area contributed by atoms with E-state index in [0.29, 0.717) is 24.5 Å². The molecule has 0 aromatic heterocycles. The lowest BCUT2D eigenvalue weighted by Gasteiger charge is -2.30. The lowest BCUT2D eigenvalue weighted by molar-refractivity contribution is -0.166. The molecule has 2 aromatic rings. The maximum absolute atomic E-state index is 14.3. The van der Waals surface area contributed by atoms with E-state index in [1.165, 1.54) is 6.07 Å². The summed E-state index contributed by atoms with van der Waals surface area (Å²) in [4.78, 5) is 12.9. The highest BCUT2D eigenvalue weighted by Crippen LogP contribution is 2.47. The van der Waals surface area contributed by atoms with Crippen molar-refractivity contribution in [3.05, 3.63) is 47.0 Å². The smallest absolute Gasteiger partial charge is 0.416 e. The minimum Gasteiger partial charge on any atom is -0.493 e. The number of aryl methyl sites for hydroxylation is 1. The van der Waals surface area contributed by atoms with Gasteiger partial charge in [-0.3, -0.25) is 0 Å². The van der Waals surface area contributed by atoms with Crippen LogP contribution in [0.4, 0.5) is 13.2 Å². The van der Waals surface area contributed by atoms with Gasteiger partial charge in [0.1, 0.15) is 11.5 Å². The van der Waals surface area contributed by atoms with E-state index in [1.54, 1.807) is 32.9 Å². The van der Waals surface area contributed by atoms with Gasteiger partial charge in [-0.25, -0.2) is 4.79 Å². The number of esters is 1. The Morgan fingerprint density at radius 2 is 1.89 bits per heavy atom. The molecule has 1 aliphatic rings. The Kier molecular flexibility index (Phi) is 8.36. The fraction of sp³-hybridized carbons (Fsp3) is 0.519. The zero-order chi connectivity index (χ0) is 25.8. The summed E-state index contributed by atoms with van der Waals surface area (Å²) < 4.78 is 65.5. The monoisotopic (exact) mass is 494 g/mol. The number of fused-ring (bicyclic) bond motifs is 1. The van der Waals surface area contributed by atoms with Crippen molar-refractivity contribution in [3.63, 3.8) is 0 Å². The summed E-state index contributed by atoms with van der Waals surface area (Å²) in [6.07, 6.45) is -3.22. The molecular weight excluding hydrogens is 461 g/mol. The molecule has 1 atom stereocenters. The average molecular weight is 495 g/mol. The molecule has 0 spiro atoms. The Bertz CT molecular complexity index is 1040. The molecule has 8 heteroatoms. The minimum atomic E-state index is -4.74. The number of benzene rings is 2. The first-order valence-corrected chi connectivity index (χ1v) is 11.8. The number of ether oxygens (including phenoxy) is 4. The molecule has 192 valence electrons. The van der Waals surface area contributed by atoms with Crippen LogP contribution in [0.3, 0.4) is 0 Å². The predicted molar refractivity (Wildman–Crippen MR) is 127 cm³/mol. The second kappa shape index (κ2) is 10.9. The van der Waals surface area contributed by atoms with E-state index >= 15 is 0 Å². The van der Waals surface area contributed by atoms with Crippen molar-refractivity contribution in [1.29, 1.82) is 0 Å². The molecule has 1 heterocycles. The summed E-state index contributed by atoms with van der Waals surface area (Å²) in [6, 6.07) is 7.52. The van der Waals surface area contributed by atoms with Gasteiger partial charge in [-0.1, -0.05) is 19.4 Å². The standard InChI is InChI=1S/C27H33F3O5/c1-6-7-14-34-21-13-11-19(27(28,29)30)23(24(25(31)32-5)35-26(2,3)4)22(21)18-10-12-20-17(16-18)9-8-15-33-20/h10-13,16,24H,6-9,14-15H2,1-5H3. The van der Waals surface area contributed by atoms with E-state index in [-0.39, 0.29) is 16.9 Å². The number of halogens is 3. The zero-order valence-corrected chi connectivity index (χ0v) is 20.9. The van der Waals surface area contributed by atoms with E-state index in [0.717, 1.165) is 44.4 Å². The number of alkyl halides is 3. The lowest BCUT2D eigenvalue weighted by atomic mass is 9.88. The molecule has 0 bridgehead atoms. The minimum absolute atomic E-state index is 0.170. The fourth-order valence-electron chi connectivity index (χ4n) is 4.06. The summed E-state index contributed by atoms with van der Waals surface area (Å²) in [5, 5.41) is 0. The Labute approximate surface area is 204 Å². The van der Waals surface area contributed by atoms with E-state index in [9.17, 15) is 18.0 Å². The van der Waals surface area contributed by atoms with Gasteiger partial charge >= 0.3 is 12.1 Å². The summed E-state index contributed by atoms with van der Waals surface area (Å²) in [7, 11) is 1.13. The predicted octanol–water partition coefficient (Wildman–Crippen LogP) is 6.91. The van der Waals surface area contributed by atoms with Gasteiger partial charge in [-0.15, -0.1) is 0 Å². The largest absolute Gasteiger partial charge is 0.493 e. The maximum Gasteiger partial charge on any atom is 0.416 e. The fourth-order valence-corrected chi connectivity index (χ4v) is 4.06. The van der Waals surface area contributed by atoms with Crippen molar-refractivity contribution < 1.29 is 36.9 Å². The summed E-state index contributed by atoms with van der Waals surface area (Å²) in [5.41, 5.74) is -0.656. The second-order valence-corrected chi connectivity index (χ2v) is 9.51. The molecule has 35 heavy (non-hydrogen) atoms. The van der Waals surface area contributed by atoms with Crippen LogP contribution in [-0.2, 0) is 26.9 Å². The van der Waals surface area contributed by atoms with Crippen LogP contribution in [0.2, 0.25) is 0 Å². The third-order valence-electron chi connectivity index (χ3n) is 5.61. The van der Waals surface area contributed by atoms with Crippen LogP contribution >= 0.6 is 0 Å². The van der Waals surface area contributed by atoms with Crippen LogP contribution < -0.4 is 9.47 Å². The lowest BCUT2D eigenvalue weighted by Crippen LogP contribution is -2.30. The Morgan fingerprint density at radius 1 is 1.14 bits per heavy atom. The molecule has 1 unspecified atom stereocenters. The van der Waals surface area contributed by atoms with E-state index in [4.69, 9.17) is 18.9 Å². The van der Waals surface area contributed by atoms with Crippen molar-refractivity contribution in [2.75, 3.05) is 20.3 Å². The third kappa shape index (κ3) is 6.48. The molecule has 0 radical (unpaired) electrons. The normalized spacial score (nSPS) is 14.6. The van der Waals surface area contributed by atoms with Crippen molar-refractivity contribution in [2.24, 2.45) is 0 Å². The summed E-state index contributed by atoms with van der Waals surface area (Å²) in [5.74, 6) is 0.0423. The van der Waals surface area contributed by atoms with Gasteiger partial charge in [0, 0.05) is 11.1 Å². The molecule has 5 nitrogen and oxygen atoms in total. The van der Waals surface area contributed by atoms with Gasteiger partial charge in [-0.2, -0.15) is 13.2 Å². The molecule has 0 aliphatic carbocycles. The molecule has 0 fully saturated rings. The number of methoxy groups -OCH3 is 1. The van der Waals surface area contributed by atoms with Gasteiger partial charge < -0.3 is 18.9 Å². The topological polar surface area (TPSA) is 54.0 Å². The Balaban J connectivity index is 2.34. The number of carbonyl (C=O) groups excluding carboxylic acids is 1. The summed E-state index contributed by atoms with van der Waals surface area (Å²) in [6.45, 7) is 7.94. The van der Waals surface area contributed by atoms with Crippen molar-refractivity contribution >= 4 is 5.97 Å². The molecule has 1 aliphatic heterocycles. The molecule has 0 N–H and O–H groups in total. The van der Waals surface area contributed by atoms with Gasteiger partial charge in [0.15, 0.2) is 6.10 Å². The highest BCUT2D eigenvalue weighted by molar-refractivity contribution is 5.85. The molecule has 0 saturated carbocycles.